The molecule has 7 aliphatic carbocycles. The number of carbonyl (C=O) groups is 1. The Hall–Kier alpha value is -2.28. The second-order valence-corrected chi connectivity index (χ2v) is 23.2. The smallest absolute Gasteiger partial charge is 0.315 e. The SMILES string of the molecule is C=C(C)C1CC[C@]2(NCC[C@]3(O)CC[C@@](C)(O)CC3)CC[C@]3(C)[C@H](CC[C@@H]4[C@@]5(C)CC=C(C6=CC[C@](CF)(C(=O)OCc7ccccc7)CC6)C(C)(C)[C@@H]5CC[C@]43C)[C@@H]12. The maximum absolute atomic E-state index is 14.8. The van der Waals surface area contributed by atoms with Crippen molar-refractivity contribution >= 4 is 5.97 Å². The minimum atomic E-state index is -1.10. The third kappa shape index (κ3) is 7.08. The minimum absolute atomic E-state index is 0.0121. The number of fused-ring (bicyclic) bond motifs is 7. The molecule has 0 heterocycles. The molecule has 8 rings (SSSR count). The number of allylic oxidation sites excluding steroid dienone is 5. The Morgan fingerprint density at radius 1 is 0.831 bits per heavy atom. The van der Waals surface area contributed by atoms with Gasteiger partial charge in [0, 0.05) is 5.54 Å². The monoisotopic (exact) mass is 812 g/mol. The van der Waals surface area contributed by atoms with Crippen LogP contribution in [0, 0.1) is 56.7 Å². The van der Waals surface area contributed by atoms with Crippen LogP contribution >= 0.6 is 0 Å². The highest BCUT2D eigenvalue weighted by atomic mass is 19.1. The van der Waals surface area contributed by atoms with E-state index in [1.165, 1.54) is 68.1 Å². The van der Waals surface area contributed by atoms with Crippen LogP contribution in [0.5, 0.6) is 0 Å². The first kappa shape index (κ1) is 43.4. The molecular formula is C53H78FNO4. The van der Waals surface area contributed by atoms with Crippen molar-refractivity contribution < 1.29 is 24.1 Å². The predicted octanol–water partition coefficient (Wildman–Crippen LogP) is 11.8. The summed E-state index contributed by atoms with van der Waals surface area (Å²) in [5, 5.41) is 26.3. The van der Waals surface area contributed by atoms with Gasteiger partial charge in [-0.2, -0.15) is 0 Å². The molecule has 326 valence electrons. The molecule has 1 aromatic rings. The van der Waals surface area contributed by atoms with E-state index < -0.39 is 29.3 Å². The maximum Gasteiger partial charge on any atom is 0.315 e. The van der Waals surface area contributed by atoms with Crippen molar-refractivity contribution in [2.45, 2.75) is 181 Å². The van der Waals surface area contributed by atoms with Gasteiger partial charge in [-0.25, -0.2) is 4.39 Å². The number of rotatable bonds is 10. The number of benzene rings is 1. The van der Waals surface area contributed by atoms with Crippen molar-refractivity contribution in [1.82, 2.24) is 5.32 Å². The van der Waals surface area contributed by atoms with E-state index in [1.54, 1.807) is 0 Å². The lowest BCUT2D eigenvalue weighted by molar-refractivity contribution is -0.221. The summed E-state index contributed by atoms with van der Waals surface area (Å²) in [5.74, 6) is 2.56. The molecule has 7 aliphatic rings. The molecule has 3 N–H and O–H groups in total. The fraction of sp³-hybridized carbons (Fsp3) is 0.755. The summed E-state index contributed by atoms with van der Waals surface area (Å²) in [7, 11) is 0. The molecule has 0 radical (unpaired) electrons. The van der Waals surface area contributed by atoms with Crippen molar-refractivity contribution in [3.63, 3.8) is 0 Å². The highest BCUT2D eigenvalue weighted by molar-refractivity contribution is 5.78. The Bertz CT molecular complexity index is 1820. The van der Waals surface area contributed by atoms with Crippen molar-refractivity contribution in [1.29, 1.82) is 0 Å². The molecule has 0 bridgehead atoms. The number of halogens is 1. The molecule has 0 aliphatic heterocycles. The molecule has 5 fully saturated rings. The maximum atomic E-state index is 14.8. The summed E-state index contributed by atoms with van der Waals surface area (Å²) in [6, 6.07) is 9.68. The molecule has 1 unspecified atom stereocenters. The molecule has 0 aromatic heterocycles. The first-order chi connectivity index (χ1) is 27.8. The van der Waals surface area contributed by atoms with Gasteiger partial charge in [0.25, 0.3) is 0 Å². The second-order valence-electron chi connectivity index (χ2n) is 23.2. The Kier molecular flexibility index (Phi) is 11.2. The van der Waals surface area contributed by atoms with Crippen LogP contribution in [0.4, 0.5) is 4.39 Å². The number of hydrogen-bond donors (Lipinski definition) is 3. The van der Waals surface area contributed by atoms with E-state index in [-0.39, 0.29) is 33.8 Å². The largest absolute Gasteiger partial charge is 0.460 e. The van der Waals surface area contributed by atoms with Crippen LogP contribution in [0.3, 0.4) is 0 Å². The van der Waals surface area contributed by atoms with Gasteiger partial charge in [0.05, 0.1) is 16.6 Å². The van der Waals surface area contributed by atoms with Crippen molar-refractivity contribution in [3.05, 3.63) is 71.3 Å². The lowest BCUT2D eigenvalue weighted by Gasteiger charge is -2.72. The Labute approximate surface area is 356 Å². The Morgan fingerprint density at radius 2 is 1.56 bits per heavy atom. The third-order valence-corrected chi connectivity index (χ3v) is 19.8. The summed E-state index contributed by atoms with van der Waals surface area (Å²) in [6.45, 7) is 22.2. The number of aliphatic hydroxyl groups is 2. The molecule has 6 heteroatoms. The van der Waals surface area contributed by atoms with Crippen LogP contribution < -0.4 is 5.32 Å². The lowest BCUT2D eigenvalue weighted by Crippen LogP contribution is -2.68. The van der Waals surface area contributed by atoms with Gasteiger partial charge < -0.3 is 20.3 Å². The summed E-state index contributed by atoms with van der Waals surface area (Å²) in [4.78, 5) is 13.4. The molecule has 0 amide bonds. The van der Waals surface area contributed by atoms with E-state index in [9.17, 15) is 19.4 Å². The Morgan fingerprint density at radius 3 is 2.22 bits per heavy atom. The molecule has 59 heavy (non-hydrogen) atoms. The minimum Gasteiger partial charge on any atom is -0.460 e. The summed E-state index contributed by atoms with van der Waals surface area (Å²) >= 11 is 0. The topological polar surface area (TPSA) is 78.8 Å². The van der Waals surface area contributed by atoms with Crippen LogP contribution in [0.2, 0.25) is 0 Å². The van der Waals surface area contributed by atoms with E-state index in [0.29, 0.717) is 74.5 Å². The summed E-state index contributed by atoms with van der Waals surface area (Å²) in [6.07, 6.45) is 20.9. The highest BCUT2D eigenvalue weighted by Gasteiger charge is 2.70. The Balaban J connectivity index is 0.997. The fourth-order valence-electron chi connectivity index (χ4n) is 16.0. The van der Waals surface area contributed by atoms with E-state index in [1.807, 2.05) is 37.3 Å². The number of nitrogens with one attached hydrogen (secondary N) is 1. The number of hydrogen-bond acceptors (Lipinski definition) is 5. The van der Waals surface area contributed by atoms with Gasteiger partial charge in [-0.1, -0.05) is 89.3 Å². The van der Waals surface area contributed by atoms with E-state index in [4.69, 9.17) is 4.74 Å². The number of carbonyl (C=O) groups excluding carboxylic acids is 1. The molecule has 5 nitrogen and oxygen atoms in total. The van der Waals surface area contributed by atoms with E-state index >= 15 is 0 Å². The fourth-order valence-corrected chi connectivity index (χ4v) is 16.0. The van der Waals surface area contributed by atoms with Crippen molar-refractivity contribution in [2.75, 3.05) is 13.2 Å². The van der Waals surface area contributed by atoms with Crippen LogP contribution in [0.15, 0.2) is 65.8 Å². The van der Waals surface area contributed by atoms with Crippen molar-refractivity contribution in [3.8, 4) is 0 Å². The van der Waals surface area contributed by atoms with Crippen LogP contribution in [0.25, 0.3) is 0 Å². The van der Waals surface area contributed by atoms with Gasteiger partial charge in [-0.3, -0.25) is 4.79 Å². The normalized spacial score (nSPS) is 45.2. The van der Waals surface area contributed by atoms with Gasteiger partial charge >= 0.3 is 5.97 Å². The van der Waals surface area contributed by atoms with Crippen LogP contribution in [0.1, 0.15) is 163 Å². The number of esters is 1. The highest BCUT2D eigenvalue weighted by Crippen LogP contribution is 2.76. The molecular weight excluding hydrogens is 734 g/mol. The van der Waals surface area contributed by atoms with Gasteiger partial charge in [0.15, 0.2) is 0 Å². The van der Waals surface area contributed by atoms with E-state index in [0.717, 1.165) is 24.9 Å². The quantitative estimate of drug-likeness (QED) is 0.162. The third-order valence-electron chi connectivity index (χ3n) is 19.8. The number of ether oxygens (including phenoxy) is 1. The molecule has 10 atom stereocenters. The molecule has 5 saturated carbocycles. The first-order valence-corrected chi connectivity index (χ1v) is 23.8. The van der Waals surface area contributed by atoms with Crippen molar-refractivity contribution in [2.24, 2.45) is 56.7 Å². The molecule has 0 saturated heterocycles. The summed E-state index contributed by atoms with van der Waals surface area (Å²) in [5.41, 5.74) is 3.41. The first-order valence-electron chi connectivity index (χ1n) is 23.8. The lowest BCUT2D eigenvalue weighted by atomic mass is 9.33. The zero-order valence-electron chi connectivity index (χ0n) is 37.9. The average molecular weight is 812 g/mol. The van der Waals surface area contributed by atoms with Gasteiger partial charge in [0.2, 0.25) is 0 Å². The van der Waals surface area contributed by atoms with Gasteiger partial charge in [-0.15, -0.1) is 0 Å². The van der Waals surface area contributed by atoms with E-state index in [2.05, 4.69) is 65.6 Å². The number of alkyl halides is 1. The predicted molar refractivity (Wildman–Crippen MR) is 236 cm³/mol. The van der Waals surface area contributed by atoms with Crippen LogP contribution in [-0.4, -0.2) is 46.1 Å². The summed E-state index contributed by atoms with van der Waals surface area (Å²) < 4.78 is 20.5. The zero-order valence-corrected chi connectivity index (χ0v) is 37.9. The average Bonchev–Trinajstić information content (AvgIpc) is 3.59. The van der Waals surface area contributed by atoms with Gasteiger partial charge in [0.1, 0.15) is 13.3 Å². The van der Waals surface area contributed by atoms with Crippen LogP contribution in [-0.2, 0) is 16.1 Å². The zero-order chi connectivity index (χ0) is 42.3. The second kappa shape index (κ2) is 15.2. The van der Waals surface area contributed by atoms with Gasteiger partial charge in [-0.05, 0) is 198 Å². The molecule has 1 aromatic carbocycles. The standard InChI is InChI=1S/C53H78FNO4/c1-36(2)39-18-25-53(55-33-32-52(58)29-26-47(5,57)27-30-52)31-28-49(7)41(44(39)53)14-15-43-48(6)21-19-40(46(3,4)42(48)20-22-50(43,49)8)38-16-23-51(35-54,24-17-38)45(56)59-34-37-12-10-9-11-13-37/h9-13,16,19,39,41-44,55,57-58H,1,14-15,17-18,20-35H2,2-8H3/t39?,41-,42+,43-,44-,47-,48+,49-,50-,51+,52+,53+/m1/s1. The molecule has 0 spiro atoms.